The van der Waals surface area contributed by atoms with Crippen LogP contribution in [0.4, 0.5) is 0 Å². The maximum absolute atomic E-state index is 5.23. The van der Waals surface area contributed by atoms with Crippen LogP contribution < -0.4 is 5.49 Å². The first-order chi connectivity index (χ1) is 14.1. The minimum atomic E-state index is 0.287. The van der Waals surface area contributed by atoms with Gasteiger partial charge in [-0.2, -0.15) is 0 Å². The molecule has 2 aromatic heterocycles. The maximum Gasteiger partial charge on any atom is 0.138 e. The lowest BCUT2D eigenvalue weighted by Gasteiger charge is -2.18. The molecule has 4 aromatic rings. The lowest BCUT2D eigenvalue weighted by molar-refractivity contribution is 0.294. The van der Waals surface area contributed by atoms with E-state index in [1.165, 1.54) is 39.1 Å². The monoisotopic (exact) mass is 388 g/mol. The third-order valence-electron chi connectivity index (χ3n) is 6.12. The Morgan fingerprint density at radius 3 is 2.45 bits per heavy atom. The first kappa shape index (κ1) is 19.7. The van der Waals surface area contributed by atoms with E-state index in [1.807, 2.05) is 0 Å². The summed E-state index contributed by atoms with van der Waals surface area (Å²) in [6, 6.07) is 17.4. The van der Waals surface area contributed by atoms with Crippen LogP contribution in [0.1, 0.15) is 33.6 Å². The number of benzene rings is 2. The molecule has 1 N–H and O–H groups in total. The molecule has 29 heavy (non-hydrogen) atoms. The number of aryl methyl sites for hydroxylation is 1. The van der Waals surface area contributed by atoms with Crippen molar-refractivity contribution < 1.29 is 0 Å². The lowest BCUT2D eigenvalue weighted by atomic mass is 10.1. The molecule has 0 saturated heterocycles. The van der Waals surface area contributed by atoms with Gasteiger partial charge in [-0.15, -0.1) is 0 Å². The Balaban J connectivity index is 1.84. The highest BCUT2D eigenvalue weighted by Crippen LogP contribution is 2.28. The van der Waals surface area contributed by atoms with Gasteiger partial charge in [0.05, 0.1) is 16.4 Å². The minimum Gasteiger partial charge on any atom is -0.354 e. The second-order valence-corrected chi connectivity index (χ2v) is 7.97. The first-order valence-corrected chi connectivity index (χ1v) is 10.9. The molecule has 0 fully saturated rings. The third kappa shape index (κ3) is 3.69. The topological polar surface area (TPSA) is 36.3 Å². The van der Waals surface area contributed by atoms with Gasteiger partial charge in [-0.05, 0) is 51.5 Å². The van der Waals surface area contributed by atoms with Gasteiger partial charge in [-0.25, -0.2) is 0 Å². The molecule has 0 bridgehead atoms. The van der Waals surface area contributed by atoms with E-state index in [2.05, 4.69) is 90.8 Å². The van der Waals surface area contributed by atoms with E-state index in [-0.39, 0.29) is 6.04 Å². The zero-order chi connectivity index (χ0) is 20.4. The molecule has 152 valence electrons. The molecule has 2 heterocycles. The predicted octanol–water partition coefficient (Wildman–Crippen LogP) is 5.22. The van der Waals surface area contributed by atoms with Crippen LogP contribution in [-0.2, 0) is 7.05 Å². The molecule has 2 aromatic carbocycles. The number of nitrogens with zero attached hydrogens (tertiary/aromatic N) is 3. The smallest absolute Gasteiger partial charge is 0.138 e. The van der Waals surface area contributed by atoms with Crippen molar-refractivity contribution >= 4 is 32.7 Å². The summed E-state index contributed by atoms with van der Waals surface area (Å²) in [7, 11) is 2.14. The zero-order valence-corrected chi connectivity index (χ0v) is 18.1. The fourth-order valence-corrected chi connectivity index (χ4v) is 4.41. The van der Waals surface area contributed by atoms with Gasteiger partial charge in [-0.1, -0.05) is 50.2 Å². The highest BCUT2D eigenvalue weighted by atomic mass is 15.1. The normalized spacial score (nSPS) is 13.9. The largest absolute Gasteiger partial charge is 0.354 e. The molecule has 4 rings (SSSR count). The van der Waals surface area contributed by atoms with Crippen LogP contribution in [0.3, 0.4) is 0 Å². The maximum atomic E-state index is 5.23. The van der Waals surface area contributed by atoms with E-state index >= 15 is 0 Å². The number of aromatic nitrogens is 2. The van der Waals surface area contributed by atoms with Gasteiger partial charge in [0.2, 0.25) is 0 Å². The van der Waals surface area contributed by atoms with Crippen molar-refractivity contribution in [3.05, 3.63) is 54.0 Å². The van der Waals surface area contributed by atoms with Gasteiger partial charge in [0.1, 0.15) is 5.49 Å². The predicted molar refractivity (Wildman–Crippen MR) is 124 cm³/mol. The Morgan fingerprint density at radius 2 is 1.69 bits per heavy atom. The molecular formula is C25H32N4. The van der Waals surface area contributed by atoms with E-state index in [4.69, 9.17) is 4.99 Å². The molecule has 0 saturated carbocycles. The molecule has 0 aliphatic rings. The van der Waals surface area contributed by atoms with Crippen LogP contribution in [0.5, 0.6) is 0 Å². The summed E-state index contributed by atoms with van der Waals surface area (Å²) in [6.07, 6.45) is 2.29. The number of nitrogens with one attached hydrogen (secondary N) is 1. The molecular weight excluding hydrogens is 356 g/mol. The molecule has 4 nitrogen and oxygen atoms in total. The summed E-state index contributed by atoms with van der Waals surface area (Å²) in [4.78, 5) is 11.4. The quantitative estimate of drug-likeness (QED) is 0.463. The Bertz CT molecular complexity index is 1190. The van der Waals surface area contributed by atoms with Crippen LogP contribution in [0, 0.1) is 0 Å². The van der Waals surface area contributed by atoms with Crippen LogP contribution >= 0.6 is 0 Å². The summed E-state index contributed by atoms with van der Waals surface area (Å²) < 4.78 is 2.26. The molecule has 4 heteroatoms. The number of para-hydroxylation sites is 2. The highest BCUT2D eigenvalue weighted by Gasteiger charge is 2.13. The molecule has 0 aliphatic heterocycles. The second kappa shape index (κ2) is 8.42. The van der Waals surface area contributed by atoms with E-state index in [0.717, 1.165) is 31.5 Å². The van der Waals surface area contributed by atoms with Crippen LogP contribution in [0.2, 0.25) is 0 Å². The van der Waals surface area contributed by atoms with Crippen molar-refractivity contribution in [3.8, 4) is 0 Å². The van der Waals surface area contributed by atoms with E-state index in [9.17, 15) is 0 Å². The summed E-state index contributed by atoms with van der Waals surface area (Å²) in [5, 5.41) is 3.73. The number of hydrogen-bond acceptors (Lipinski definition) is 2. The summed E-state index contributed by atoms with van der Waals surface area (Å²) in [5.74, 6) is 0. The summed E-state index contributed by atoms with van der Waals surface area (Å²) >= 11 is 0. The fourth-order valence-electron chi connectivity index (χ4n) is 4.41. The Morgan fingerprint density at radius 1 is 1.00 bits per heavy atom. The van der Waals surface area contributed by atoms with Gasteiger partial charge < -0.3 is 14.5 Å². The van der Waals surface area contributed by atoms with Gasteiger partial charge in [-0.3, -0.25) is 4.99 Å². The van der Waals surface area contributed by atoms with Crippen LogP contribution in [-0.4, -0.2) is 40.1 Å². The lowest BCUT2D eigenvalue weighted by Crippen LogP contribution is -2.25. The number of rotatable bonds is 7. The minimum absolute atomic E-state index is 0.287. The third-order valence-corrected chi connectivity index (χ3v) is 6.12. The van der Waals surface area contributed by atoms with Gasteiger partial charge in [0.15, 0.2) is 0 Å². The number of hydrogen-bond donors (Lipinski definition) is 1. The van der Waals surface area contributed by atoms with Crippen molar-refractivity contribution in [2.75, 3.05) is 19.6 Å². The molecule has 0 aliphatic carbocycles. The molecule has 1 unspecified atom stereocenters. The fraction of sp³-hybridized carbons (Fsp3) is 0.400. The average molecular weight is 389 g/mol. The van der Waals surface area contributed by atoms with E-state index in [1.54, 1.807) is 0 Å². The zero-order valence-electron chi connectivity index (χ0n) is 18.1. The molecule has 0 spiro atoms. The van der Waals surface area contributed by atoms with Gasteiger partial charge >= 0.3 is 0 Å². The average Bonchev–Trinajstić information content (AvgIpc) is 3.14. The van der Waals surface area contributed by atoms with Crippen molar-refractivity contribution in [1.82, 2.24) is 14.5 Å². The van der Waals surface area contributed by atoms with Crippen molar-refractivity contribution in [2.24, 2.45) is 12.0 Å². The number of H-pyrrole nitrogens is 1. The Hall–Kier alpha value is -2.59. The second-order valence-electron chi connectivity index (χ2n) is 7.97. The first-order valence-electron chi connectivity index (χ1n) is 10.9. The summed E-state index contributed by atoms with van der Waals surface area (Å²) in [5.41, 5.74) is 4.64. The number of pyridine rings is 1. The number of fused-ring (bicyclic) bond motifs is 5. The summed E-state index contributed by atoms with van der Waals surface area (Å²) in [6.45, 7) is 10.1. The van der Waals surface area contributed by atoms with E-state index in [0.29, 0.717) is 0 Å². The van der Waals surface area contributed by atoms with E-state index < -0.39 is 0 Å². The van der Waals surface area contributed by atoms with Crippen LogP contribution in [0.25, 0.3) is 32.7 Å². The Labute approximate surface area is 172 Å². The van der Waals surface area contributed by atoms with Gasteiger partial charge in [0, 0.05) is 29.4 Å². The standard InChI is InChI=1S/C25H32N4/c1-5-29(6-2)17-11-12-18(3)26-25-23-19-13-7-9-15-21(19)27-24(23)20-14-8-10-16-22(20)28(25)4/h7-10,13-16,18,27H,5-6,11-12,17H2,1-4H3. The number of aromatic amines is 1. The van der Waals surface area contributed by atoms with Gasteiger partial charge in [0.25, 0.3) is 0 Å². The molecule has 0 amide bonds. The highest BCUT2D eigenvalue weighted by molar-refractivity contribution is 6.15. The van der Waals surface area contributed by atoms with Crippen molar-refractivity contribution in [1.29, 1.82) is 0 Å². The van der Waals surface area contributed by atoms with Crippen molar-refractivity contribution in [3.63, 3.8) is 0 Å². The Kier molecular flexibility index (Phi) is 5.72. The SMILES string of the molecule is CCN(CC)CCCC(C)N=c1c2c3ccccc3[nH]c2c2ccccc2n1C. The molecule has 1 atom stereocenters. The van der Waals surface area contributed by atoms with Crippen LogP contribution in [0.15, 0.2) is 53.5 Å². The van der Waals surface area contributed by atoms with Crippen molar-refractivity contribution in [2.45, 2.75) is 39.7 Å². The molecule has 0 radical (unpaired) electrons.